The van der Waals surface area contributed by atoms with Crippen LogP contribution in [-0.4, -0.2) is 34.6 Å². The van der Waals surface area contributed by atoms with E-state index in [9.17, 15) is 4.79 Å². The van der Waals surface area contributed by atoms with E-state index < -0.39 is 0 Å². The maximum Gasteiger partial charge on any atom is 0.249 e. The van der Waals surface area contributed by atoms with E-state index in [4.69, 9.17) is 16.3 Å². The molecular weight excluding hydrogens is 326 g/mol. The van der Waals surface area contributed by atoms with Gasteiger partial charge in [-0.05, 0) is 55.7 Å². The van der Waals surface area contributed by atoms with Gasteiger partial charge in [-0.1, -0.05) is 18.0 Å². The SMILES string of the molecule is O=C(N[C@H]1CCC[C@@H](c2c[nH]c3ccc(Cl)nc23)C1)[C@@H]1CCCO1. The zero-order chi connectivity index (χ0) is 16.5. The van der Waals surface area contributed by atoms with E-state index in [1.165, 1.54) is 5.56 Å². The summed E-state index contributed by atoms with van der Waals surface area (Å²) < 4.78 is 5.48. The van der Waals surface area contributed by atoms with E-state index in [-0.39, 0.29) is 18.1 Å². The molecule has 0 radical (unpaired) electrons. The van der Waals surface area contributed by atoms with Crippen LogP contribution in [0.2, 0.25) is 5.15 Å². The molecule has 1 saturated carbocycles. The van der Waals surface area contributed by atoms with Crippen molar-refractivity contribution in [3.8, 4) is 0 Å². The summed E-state index contributed by atoms with van der Waals surface area (Å²) in [5.41, 5.74) is 3.18. The predicted octanol–water partition coefficient (Wildman–Crippen LogP) is 3.54. The largest absolute Gasteiger partial charge is 0.368 e. The molecule has 1 aliphatic heterocycles. The van der Waals surface area contributed by atoms with Crippen molar-refractivity contribution in [2.24, 2.45) is 0 Å². The van der Waals surface area contributed by atoms with Crippen LogP contribution in [0.5, 0.6) is 0 Å². The van der Waals surface area contributed by atoms with Crippen LogP contribution in [0.25, 0.3) is 11.0 Å². The number of nitrogens with zero attached hydrogens (tertiary/aromatic N) is 1. The zero-order valence-electron chi connectivity index (χ0n) is 13.6. The lowest BCUT2D eigenvalue weighted by Crippen LogP contribution is -2.43. The Morgan fingerprint density at radius 2 is 2.21 bits per heavy atom. The molecule has 0 spiro atoms. The highest BCUT2D eigenvalue weighted by atomic mass is 35.5. The van der Waals surface area contributed by atoms with Crippen LogP contribution in [0.15, 0.2) is 18.3 Å². The molecule has 3 atom stereocenters. The fourth-order valence-corrected chi connectivity index (χ4v) is 4.14. The normalized spacial score (nSPS) is 27.5. The third-order valence-corrected chi connectivity index (χ3v) is 5.41. The number of aromatic nitrogens is 2. The van der Waals surface area contributed by atoms with Gasteiger partial charge in [0.1, 0.15) is 11.3 Å². The Balaban J connectivity index is 1.47. The molecule has 1 amide bonds. The van der Waals surface area contributed by atoms with Gasteiger partial charge in [-0.3, -0.25) is 4.79 Å². The fourth-order valence-electron chi connectivity index (χ4n) is 3.99. The average molecular weight is 348 g/mol. The van der Waals surface area contributed by atoms with Crippen LogP contribution in [0, 0.1) is 0 Å². The van der Waals surface area contributed by atoms with Gasteiger partial charge in [-0.15, -0.1) is 0 Å². The van der Waals surface area contributed by atoms with E-state index in [0.29, 0.717) is 17.7 Å². The Labute approximate surface area is 146 Å². The highest BCUT2D eigenvalue weighted by Crippen LogP contribution is 2.36. The van der Waals surface area contributed by atoms with Crippen molar-refractivity contribution in [1.82, 2.24) is 15.3 Å². The number of hydrogen-bond donors (Lipinski definition) is 2. The molecule has 0 bridgehead atoms. The van der Waals surface area contributed by atoms with Crippen LogP contribution in [0.1, 0.15) is 50.0 Å². The van der Waals surface area contributed by atoms with Gasteiger partial charge < -0.3 is 15.0 Å². The Hall–Kier alpha value is -1.59. The van der Waals surface area contributed by atoms with Gasteiger partial charge in [0.15, 0.2) is 0 Å². The van der Waals surface area contributed by atoms with Crippen LogP contribution < -0.4 is 5.32 Å². The summed E-state index contributed by atoms with van der Waals surface area (Å²) >= 11 is 6.06. The monoisotopic (exact) mass is 347 g/mol. The molecule has 2 aromatic heterocycles. The van der Waals surface area contributed by atoms with Gasteiger partial charge >= 0.3 is 0 Å². The third-order valence-electron chi connectivity index (χ3n) is 5.20. The molecule has 0 unspecified atom stereocenters. The lowest BCUT2D eigenvalue weighted by molar-refractivity contribution is -0.131. The van der Waals surface area contributed by atoms with Crippen molar-refractivity contribution in [2.45, 2.75) is 56.6 Å². The first-order valence-electron chi connectivity index (χ1n) is 8.76. The summed E-state index contributed by atoms with van der Waals surface area (Å²) in [6.45, 7) is 0.702. The van der Waals surface area contributed by atoms with E-state index in [2.05, 4.69) is 15.3 Å². The second kappa shape index (κ2) is 6.73. The van der Waals surface area contributed by atoms with Crippen molar-refractivity contribution in [1.29, 1.82) is 0 Å². The molecule has 24 heavy (non-hydrogen) atoms. The Morgan fingerprint density at radius 3 is 3.04 bits per heavy atom. The Kier molecular flexibility index (Phi) is 4.46. The van der Waals surface area contributed by atoms with Gasteiger partial charge in [0.05, 0.1) is 11.0 Å². The molecule has 4 rings (SSSR count). The van der Waals surface area contributed by atoms with Gasteiger partial charge in [0, 0.05) is 18.8 Å². The number of hydrogen-bond acceptors (Lipinski definition) is 3. The number of carbonyl (C=O) groups excluding carboxylic acids is 1. The van der Waals surface area contributed by atoms with Crippen LogP contribution >= 0.6 is 11.6 Å². The molecule has 3 heterocycles. The lowest BCUT2D eigenvalue weighted by Gasteiger charge is -2.30. The third kappa shape index (κ3) is 3.15. The Morgan fingerprint density at radius 1 is 1.29 bits per heavy atom. The smallest absolute Gasteiger partial charge is 0.249 e. The van der Waals surface area contributed by atoms with Crippen LogP contribution in [0.4, 0.5) is 0 Å². The summed E-state index contributed by atoms with van der Waals surface area (Å²) in [6, 6.07) is 3.98. The molecule has 1 saturated heterocycles. The summed E-state index contributed by atoms with van der Waals surface area (Å²) in [6.07, 6.45) is 7.81. The number of pyridine rings is 1. The molecule has 128 valence electrons. The minimum Gasteiger partial charge on any atom is -0.368 e. The average Bonchev–Trinajstić information content (AvgIpc) is 3.24. The van der Waals surface area contributed by atoms with Gasteiger partial charge in [-0.25, -0.2) is 4.98 Å². The fraction of sp³-hybridized carbons (Fsp3) is 0.556. The maximum atomic E-state index is 12.3. The first-order chi connectivity index (χ1) is 11.7. The van der Waals surface area contributed by atoms with Crippen molar-refractivity contribution < 1.29 is 9.53 Å². The number of amides is 1. The molecular formula is C18H22ClN3O2. The number of aromatic amines is 1. The summed E-state index contributed by atoms with van der Waals surface area (Å²) in [7, 11) is 0. The number of nitrogens with one attached hydrogen (secondary N) is 2. The molecule has 2 fully saturated rings. The van der Waals surface area contributed by atoms with Gasteiger partial charge in [-0.2, -0.15) is 0 Å². The molecule has 5 nitrogen and oxygen atoms in total. The number of halogens is 1. The number of carbonyl (C=O) groups is 1. The molecule has 2 N–H and O–H groups in total. The molecule has 6 heteroatoms. The second-order valence-electron chi connectivity index (χ2n) is 6.84. The van der Waals surface area contributed by atoms with Crippen molar-refractivity contribution >= 4 is 28.5 Å². The van der Waals surface area contributed by atoms with E-state index >= 15 is 0 Å². The Bertz CT molecular complexity index is 739. The number of fused-ring (bicyclic) bond motifs is 1. The highest BCUT2D eigenvalue weighted by Gasteiger charge is 2.30. The van der Waals surface area contributed by atoms with Crippen molar-refractivity contribution in [3.05, 3.63) is 29.0 Å². The number of ether oxygens (including phenoxy) is 1. The van der Waals surface area contributed by atoms with Crippen molar-refractivity contribution in [2.75, 3.05) is 6.61 Å². The summed E-state index contributed by atoms with van der Waals surface area (Å²) in [5.74, 6) is 0.450. The lowest BCUT2D eigenvalue weighted by atomic mass is 9.82. The van der Waals surface area contributed by atoms with E-state index in [1.54, 1.807) is 6.07 Å². The molecule has 0 aromatic carbocycles. The first kappa shape index (κ1) is 15.9. The van der Waals surface area contributed by atoms with Gasteiger partial charge in [0.2, 0.25) is 5.91 Å². The van der Waals surface area contributed by atoms with Crippen LogP contribution in [0.3, 0.4) is 0 Å². The highest BCUT2D eigenvalue weighted by molar-refractivity contribution is 6.29. The molecule has 1 aliphatic carbocycles. The number of rotatable bonds is 3. The number of H-pyrrole nitrogens is 1. The molecule has 2 aliphatic rings. The van der Waals surface area contributed by atoms with E-state index in [1.807, 2.05) is 12.3 Å². The first-order valence-corrected chi connectivity index (χ1v) is 9.14. The maximum absolute atomic E-state index is 12.3. The summed E-state index contributed by atoms with van der Waals surface area (Å²) in [5, 5.41) is 3.71. The zero-order valence-corrected chi connectivity index (χ0v) is 14.3. The van der Waals surface area contributed by atoms with Crippen LogP contribution in [-0.2, 0) is 9.53 Å². The predicted molar refractivity (Wildman–Crippen MR) is 93.2 cm³/mol. The quantitative estimate of drug-likeness (QED) is 0.834. The van der Waals surface area contributed by atoms with E-state index in [0.717, 1.165) is 49.6 Å². The standard InChI is InChI=1S/C18H22ClN3O2/c19-16-7-6-14-17(22-16)13(10-20-14)11-3-1-4-12(9-11)21-18(23)15-5-2-8-24-15/h6-7,10-12,15,20H,1-5,8-9H2,(H,21,23)/t11-,12+,15+/m1/s1. The second-order valence-corrected chi connectivity index (χ2v) is 7.23. The van der Waals surface area contributed by atoms with Crippen molar-refractivity contribution in [3.63, 3.8) is 0 Å². The minimum atomic E-state index is -0.251. The molecule has 2 aromatic rings. The topological polar surface area (TPSA) is 67.0 Å². The van der Waals surface area contributed by atoms with Gasteiger partial charge in [0.25, 0.3) is 0 Å². The minimum absolute atomic E-state index is 0.0539. The summed E-state index contributed by atoms with van der Waals surface area (Å²) in [4.78, 5) is 20.1.